The molecule has 172 valence electrons. The molecule has 3 N–H and O–H groups in total. The molecule has 31 heavy (non-hydrogen) atoms. The monoisotopic (exact) mass is 453 g/mol. The van der Waals surface area contributed by atoms with Gasteiger partial charge < -0.3 is 14.7 Å². The van der Waals surface area contributed by atoms with E-state index in [0.717, 1.165) is 0 Å². The number of ether oxygens (including phenoxy) is 1. The van der Waals surface area contributed by atoms with Gasteiger partial charge in [-0.25, -0.2) is 17.9 Å². The van der Waals surface area contributed by atoms with Gasteiger partial charge in [0.05, 0.1) is 12.4 Å². The first-order valence-electron chi connectivity index (χ1n) is 10.7. The highest BCUT2D eigenvalue weighted by molar-refractivity contribution is 7.89. The van der Waals surface area contributed by atoms with E-state index in [9.17, 15) is 23.1 Å². The van der Waals surface area contributed by atoms with E-state index in [1.807, 2.05) is 6.07 Å². The number of aliphatic hydroxyl groups is 1. The average Bonchev–Trinajstić information content (AvgIpc) is 3.52. The van der Waals surface area contributed by atoms with Gasteiger partial charge in [0.25, 0.3) is 0 Å². The molecule has 1 aliphatic heterocycles. The van der Waals surface area contributed by atoms with Crippen LogP contribution >= 0.6 is 0 Å². The lowest BCUT2D eigenvalue weighted by Gasteiger charge is -2.28. The van der Waals surface area contributed by atoms with Gasteiger partial charge in [0.2, 0.25) is 15.9 Å². The third-order valence-electron chi connectivity index (χ3n) is 5.68. The number of nitrogens with one attached hydrogen (secondary N) is 2. The summed E-state index contributed by atoms with van der Waals surface area (Å²) in [6, 6.07) is 6.72. The first kappa shape index (κ1) is 23.5. The van der Waals surface area contributed by atoms with Crippen molar-refractivity contribution >= 4 is 22.0 Å². The van der Waals surface area contributed by atoms with Crippen molar-refractivity contribution < 1.29 is 27.9 Å². The molecule has 3 amide bonds. The second-order valence-corrected chi connectivity index (χ2v) is 10.2. The van der Waals surface area contributed by atoms with E-state index in [1.165, 1.54) is 17.7 Å². The largest absolute Gasteiger partial charge is 0.493 e. The fourth-order valence-electron chi connectivity index (χ4n) is 3.36. The molecular formula is C21H31N3O6S. The number of nitrogens with zero attached hydrogens (tertiary/aromatic N) is 1. The number of carbonyl (C=O) groups is 2. The maximum absolute atomic E-state index is 12.4. The highest BCUT2D eigenvalue weighted by atomic mass is 32.2. The third-order valence-corrected chi connectivity index (χ3v) is 7.09. The van der Waals surface area contributed by atoms with Crippen LogP contribution in [0.4, 0.5) is 4.79 Å². The number of unbranched alkanes of at least 4 members (excludes halogenated alkanes) is 1. The molecule has 1 aromatic rings. The van der Waals surface area contributed by atoms with Crippen LogP contribution in [-0.2, 0) is 20.4 Å². The molecule has 0 spiro atoms. The van der Waals surface area contributed by atoms with Gasteiger partial charge in [-0.3, -0.25) is 10.1 Å². The first-order valence-corrected chi connectivity index (χ1v) is 12.4. The van der Waals surface area contributed by atoms with Crippen LogP contribution in [0.15, 0.2) is 24.3 Å². The maximum atomic E-state index is 12.4. The summed E-state index contributed by atoms with van der Waals surface area (Å²) in [6.07, 6.45) is 3.50. The first-order chi connectivity index (χ1) is 14.7. The molecule has 3 rings (SSSR count). The van der Waals surface area contributed by atoms with Gasteiger partial charge in [-0.2, -0.15) is 0 Å². The van der Waals surface area contributed by atoms with Gasteiger partial charge in [-0.15, -0.1) is 0 Å². The van der Waals surface area contributed by atoms with Crippen molar-refractivity contribution in [2.45, 2.75) is 44.6 Å². The van der Waals surface area contributed by atoms with Gasteiger partial charge in [-0.1, -0.05) is 19.1 Å². The zero-order valence-corrected chi connectivity index (χ0v) is 18.6. The van der Waals surface area contributed by atoms with E-state index in [1.54, 1.807) is 25.1 Å². The van der Waals surface area contributed by atoms with Crippen molar-refractivity contribution in [3.05, 3.63) is 29.8 Å². The highest BCUT2D eigenvalue weighted by Crippen LogP contribution is 2.31. The molecule has 2 aliphatic rings. The number of amides is 3. The van der Waals surface area contributed by atoms with Gasteiger partial charge in [0.1, 0.15) is 17.9 Å². The van der Waals surface area contributed by atoms with Gasteiger partial charge in [0.15, 0.2) is 0 Å². The summed E-state index contributed by atoms with van der Waals surface area (Å²) in [7, 11) is -3.60. The molecule has 0 radical (unpaired) electrons. The number of urea groups is 1. The summed E-state index contributed by atoms with van der Waals surface area (Å²) in [4.78, 5) is 24.0. The summed E-state index contributed by atoms with van der Waals surface area (Å²) in [5.74, 6) is 0.811. The minimum Gasteiger partial charge on any atom is -0.493 e. The Morgan fingerprint density at radius 2 is 2.06 bits per heavy atom. The molecule has 1 atom stereocenters. The Kier molecular flexibility index (Phi) is 7.55. The summed E-state index contributed by atoms with van der Waals surface area (Å²) >= 11 is 0. The topological polar surface area (TPSA) is 125 Å². The lowest BCUT2D eigenvalue weighted by atomic mass is 9.91. The lowest BCUT2D eigenvalue weighted by molar-refractivity contribution is -0.118. The molecule has 10 heteroatoms. The molecule has 2 fully saturated rings. The normalized spacial score (nSPS) is 18.7. The summed E-state index contributed by atoms with van der Waals surface area (Å²) in [5.41, 5.74) is -0.740. The van der Waals surface area contributed by atoms with Crippen molar-refractivity contribution in [3.8, 4) is 5.75 Å². The van der Waals surface area contributed by atoms with Crippen LogP contribution in [0.1, 0.15) is 44.6 Å². The van der Waals surface area contributed by atoms with E-state index in [2.05, 4.69) is 10.0 Å². The van der Waals surface area contributed by atoms with E-state index < -0.39 is 21.7 Å². The van der Waals surface area contributed by atoms with Crippen molar-refractivity contribution in [2.24, 2.45) is 5.92 Å². The lowest BCUT2D eigenvalue weighted by Crippen LogP contribution is -2.41. The smallest absolute Gasteiger partial charge is 0.324 e. The summed E-state index contributed by atoms with van der Waals surface area (Å²) in [5, 5.41) is 13.3. The zero-order chi connectivity index (χ0) is 22.5. The van der Waals surface area contributed by atoms with Gasteiger partial charge in [0, 0.05) is 13.1 Å². The van der Waals surface area contributed by atoms with Crippen LogP contribution in [0.2, 0.25) is 0 Å². The summed E-state index contributed by atoms with van der Waals surface area (Å²) in [6.45, 7) is 2.65. The Morgan fingerprint density at radius 3 is 2.71 bits per heavy atom. The van der Waals surface area contributed by atoms with E-state index in [4.69, 9.17) is 4.74 Å². The molecule has 0 bridgehead atoms. The van der Waals surface area contributed by atoms with Crippen LogP contribution in [-0.4, -0.2) is 62.4 Å². The van der Waals surface area contributed by atoms with Crippen molar-refractivity contribution in [1.82, 2.24) is 14.9 Å². The number of benzene rings is 1. The molecule has 0 unspecified atom stereocenters. The molecule has 9 nitrogen and oxygen atoms in total. The van der Waals surface area contributed by atoms with Crippen molar-refractivity contribution in [1.29, 1.82) is 0 Å². The number of rotatable bonds is 13. The van der Waals surface area contributed by atoms with Crippen LogP contribution in [0, 0.1) is 5.92 Å². The number of imide groups is 1. The zero-order valence-electron chi connectivity index (χ0n) is 17.8. The molecule has 1 saturated heterocycles. The Labute approximate surface area is 183 Å². The van der Waals surface area contributed by atoms with Crippen molar-refractivity contribution in [2.75, 3.05) is 32.0 Å². The second kappa shape index (κ2) is 9.97. The Bertz CT molecular complexity index is 902. The molecule has 1 heterocycles. The standard InChI is InChI=1S/C21H31N3O6S/c1-2-21(27,17-6-5-7-18(12-17)30-14-16-8-9-16)15-22-31(28,29)11-4-3-10-24-13-19(25)23-20(24)26/h5-7,12,16,22,27H,2-4,8-11,13-15H2,1H3,(H,23,25,26)/t21-/m1/s1. The van der Waals surface area contributed by atoms with E-state index >= 15 is 0 Å². The SMILES string of the molecule is CC[C@@](O)(CNS(=O)(=O)CCCCN1CC(=O)NC1=O)c1cccc(OCC2CC2)c1. The Hall–Kier alpha value is -2.17. The Morgan fingerprint density at radius 1 is 1.29 bits per heavy atom. The summed E-state index contributed by atoms with van der Waals surface area (Å²) < 4.78 is 33.1. The quantitative estimate of drug-likeness (QED) is 0.306. The highest BCUT2D eigenvalue weighted by Gasteiger charge is 2.30. The van der Waals surface area contributed by atoms with Gasteiger partial charge in [-0.05, 0) is 55.7 Å². The predicted molar refractivity (Wildman–Crippen MR) is 115 cm³/mol. The van der Waals surface area contributed by atoms with Crippen LogP contribution in [0.5, 0.6) is 5.75 Å². The number of sulfonamides is 1. The molecule has 0 aromatic heterocycles. The molecule has 1 aliphatic carbocycles. The van der Waals surface area contributed by atoms with Crippen LogP contribution in [0.25, 0.3) is 0 Å². The fourth-order valence-corrected chi connectivity index (χ4v) is 4.55. The number of carbonyl (C=O) groups excluding carboxylic acids is 2. The fraction of sp³-hybridized carbons (Fsp3) is 0.619. The van der Waals surface area contributed by atoms with Gasteiger partial charge >= 0.3 is 6.03 Å². The van der Waals surface area contributed by atoms with Crippen LogP contribution in [0.3, 0.4) is 0 Å². The number of hydrogen-bond acceptors (Lipinski definition) is 6. The molecular weight excluding hydrogens is 422 g/mol. The number of hydrogen-bond donors (Lipinski definition) is 3. The van der Waals surface area contributed by atoms with Crippen LogP contribution < -0.4 is 14.8 Å². The minimum absolute atomic E-state index is 0.0107. The predicted octanol–water partition coefficient (Wildman–Crippen LogP) is 1.32. The van der Waals surface area contributed by atoms with Crippen molar-refractivity contribution in [3.63, 3.8) is 0 Å². The molecule has 1 aromatic carbocycles. The third kappa shape index (κ3) is 6.91. The average molecular weight is 454 g/mol. The second-order valence-electron chi connectivity index (χ2n) is 8.29. The minimum atomic E-state index is -3.60. The molecule has 1 saturated carbocycles. The maximum Gasteiger partial charge on any atom is 0.324 e. The Balaban J connectivity index is 1.48. The van der Waals surface area contributed by atoms with E-state index in [0.29, 0.717) is 49.6 Å². The van der Waals surface area contributed by atoms with E-state index in [-0.39, 0.29) is 24.7 Å².